The summed E-state index contributed by atoms with van der Waals surface area (Å²) in [6, 6.07) is 10.7. The summed E-state index contributed by atoms with van der Waals surface area (Å²) in [5.74, 6) is 1.16. The maximum atomic E-state index is 12.4. The second-order valence-electron chi connectivity index (χ2n) is 4.35. The van der Waals surface area contributed by atoms with Gasteiger partial charge in [-0.2, -0.15) is 5.26 Å². The first-order valence-corrected chi connectivity index (χ1v) is 5.88. The van der Waals surface area contributed by atoms with Gasteiger partial charge in [-0.05, 0) is 38.1 Å². The Kier molecular flexibility index (Phi) is 3.39. The Morgan fingerprint density at radius 3 is 2.63 bits per heavy atom. The molecule has 0 saturated heterocycles. The lowest BCUT2D eigenvalue weighted by atomic mass is 10.1. The second kappa shape index (κ2) is 4.99. The van der Waals surface area contributed by atoms with Gasteiger partial charge in [0.15, 0.2) is 0 Å². The molecule has 19 heavy (non-hydrogen) atoms. The number of anilines is 1. The predicted octanol–water partition coefficient (Wildman–Crippen LogP) is 3.04. The molecule has 4 heteroatoms. The van der Waals surface area contributed by atoms with E-state index < -0.39 is 0 Å². The van der Waals surface area contributed by atoms with Crippen molar-refractivity contribution < 1.29 is 9.21 Å². The molecule has 1 heterocycles. The highest BCUT2D eigenvalue weighted by Crippen LogP contribution is 2.20. The molecule has 1 aromatic heterocycles. The zero-order valence-corrected chi connectivity index (χ0v) is 11.1. The monoisotopic (exact) mass is 254 g/mol. The molecular weight excluding hydrogens is 240 g/mol. The molecule has 0 N–H and O–H groups in total. The number of amides is 1. The maximum absolute atomic E-state index is 12.4. The predicted molar refractivity (Wildman–Crippen MR) is 72.1 cm³/mol. The van der Waals surface area contributed by atoms with Gasteiger partial charge in [-0.3, -0.25) is 4.79 Å². The summed E-state index contributed by atoms with van der Waals surface area (Å²) in [4.78, 5) is 13.9. The van der Waals surface area contributed by atoms with Crippen LogP contribution in [0.3, 0.4) is 0 Å². The minimum atomic E-state index is -0.149. The quantitative estimate of drug-likeness (QED) is 0.827. The average Bonchev–Trinajstić information content (AvgIpc) is 2.76. The summed E-state index contributed by atoms with van der Waals surface area (Å²) in [5, 5.41) is 8.88. The van der Waals surface area contributed by atoms with E-state index in [1.54, 1.807) is 51.2 Å². The Balaban J connectivity index is 2.33. The van der Waals surface area contributed by atoms with Gasteiger partial charge in [0.2, 0.25) is 0 Å². The van der Waals surface area contributed by atoms with Gasteiger partial charge in [-0.25, -0.2) is 0 Å². The molecule has 0 aliphatic heterocycles. The van der Waals surface area contributed by atoms with Crippen molar-refractivity contribution >= 4 is 11.6 Å². The van der Waals surface area contributed by atoms with Crippen LogP contribution in [0.4, 0.5) is 5.69 Å². The zero-order chi connectivity index (χ0) is 14.0. The van der Waals surface area contributed by atoms with Crippen LogP contribution in [0.15, 0.2) is 34.7 Å². The number of carbonyl (C=O) groups is 1. The molecule has 0 aliphatic carbocycles. The number of nitriles is 1. The molecule has 0 aliphatic rings. The lowest BCUT2D eigenvalue weighted by Crippen LogP contribution is -2.26. The van der Waals surface area contributed by atoms with Gasteiger partial charge in [0, 0.05) is 12.7 Å². The number of carbonyl (C=O) groups excluding carboxylic acids is 1. The van der Waals surface area contributed by atoms with Gasteiger partial charge in [0.25, 0.3) is 5.91 Å². The second-order valence-corrected chi connectivity index (χ2v) is 4.35. The van der Waals surface area contributed by atoms with E-state index in [9.17, 15) is 4.79 Å². The van der Waals surface area contributed by atoms with Crippen LogP contribution in [0.5, 0.6) is 0 Å². The molecule has 1 aromatic carbocycles. The fraction of sp³-hybridized carbons (Fsp3) is 0.200. The number of nitrogens with zero attached hydrogens (tertiary/aromatic N) is 2. The summed E-state index contributed by atoms with van der Waals surface area (Å²) in [7, 11) is 1.68. The first kappa shape index (κ1) is 12.9. The highest BCUT2D eigenvalue weighted by atomic mass is 16.3. The summed E-state index contributed by atoms with van der Waals surface area (Å²) in [5.41, 5.74) is 1.75. The number of hydrogen-bond acceptors (Lipinski definition) is 3. The highest BCUT2D eigenvalue weighted by molar-refractivity contribution is 6.06. The standard InChI is InChI=1S/C15H14N2O2/c1-10-7-14(11(2)19-10)15(18)17(3)13-6-4-5-12(8-13)9-16/h4-8H,1-3H3. The third-order valence-corrected chi connectivity index (χ3v) is 2.94. The van der Waals surface area contributed by atoms with E-state index in [0.717, 1.165) is 0 Å². The smallest absolute Gasteiger partial charge is 0.261 e. The summed E-state index contributed by atoms with van der Waals surface area (Å²) < 4.78 is 5.37. The van der Waals surface area contributed by atoms with E-state index in [2.05, 4.69) is 6.07 Å². The molecule has 2 aromatic rings. The number of benzene rings is 1. The van der Waals surface area contributed by atoms with Gasteiger partial charge in [-0.15, -0.1) is 0 Å². The van der Waals surface area contributed by atoms with Crippen LogP contribution in [0.2, 0.25) is 0 Å². The van der Waals surface area contributed by atoms with Gasteiger partial charge in [0.05, 0.1) is 17.2 Å². The Morgan fingerprint density at radius 2 is 2.05 bits per heavy atom. The largest absolute Gasteiger partial charge is 0.466 e. The van der Waals surface area contributed by atoms with Crippen molar-refractivity contribution in [3.05, 3.63) is 53.0 Å². The molecule has 0 radical (unpaired) electrons. The Labute approximate surface area is 111 Å². The summed E-state index contributed by atoms with van der Waals surface area (Å²) in [6.07, 6.45) is 0. The highest BCUT2D eigenvalue weighted by Gasteiger charge is 2.18. The average molecular weight is 254 g/mol. The van der Waals surface area contributed by atoms with Crippen molar-refractivity contribution in [2.24, 2.45) is 0 Å². The van der Waals surface area contributed by atoms with Crippen molar-refractivity contribution in [1.29, 1.82) is 5.26 Å². The first-order valence-electron chi connectivity index (χ1n) is 5.88. The molecule has 0 saturated carbocycles. The molecule has 0 atom stereocenters. The summed E-state index contributed by atoms with van der Waals surface area (Å²) >= 11 is 0. The van der Waals surface area contributed by atoms with Crippen LogP contribution < -0.4 is 4.90 Å². The minimum Gasteiger partial charge on any atom is -0.466 e. The normalized spacial score (nSPS) is 10.0. The zero-order valence-electron chi connectivity index (χ0n) is 11.1. The van der Waals surface area contributed by atoms with Crippen molar-refractivity contribution in [1.82, 2.24) is 0 Å². The van der Waals surface area contributed by atoms with E-state index in [4.69, 9.17) is 9.68 Å². The first-order chi connectivity index (χ1) is 9.02. The van der Waals surface area contributed by atoms with Gasteiger partial charge in [0.1, 0.15) is 11.5 Å². The van der Waals surface area contributed by atoms with E-state index in [1.165, 1.54) is 4.90 Å². The van der Waals surface area contributed by atoms with Crippen LogP contribution in [-0.2, 0) is 0 Å². The number of furan rings is 1. The van der Waals surface area contributed by atoms with Crippen LogP contribution >= 0.6 is 0 Å². The maximum Gasteiger partial charge on any atom is 0.261 e. The van der Waals surface area contributed by atoms with E-state index >= 15 is 0 Å². The molecule has 96 valence electrons. The fourth-order valence-corrected chi connectivity index (χ4v) is 1.93. The molecule has 1 amide bonds. The number of aryl methyl sites for hydroxylation is 2. The third kappa shape index (κ3) is 2.50. The summed E-state index contributed by atoms with van der Waals surface area (Å²) in [6.45, 7) is 3.57. The van der Waals surface area contributed by atoms with E-state index in [-0.39, 0.29) is 5.91 Å². The topological polar surface area (TPSA) is 57.2 Å². The Morgan fingerprint density at radius 1 is 1.32 bits per heavy atom. The molecule has 0 spiro atoms. The molecular formula is C15H14N2O2. The third-order valence-electron chi connectivity index (χ3n) is 2.94. The SMILES string of the molecule is Cc1cc(C(=O)N(C)c2cccc(C#N)c2)c(C)o1. The fourth-order valence-electron chi connectivity index (χ4n) is 1.93. The van der Waals surface area contributed by atoms with Gasteiger partial charge < -0.3 is 9.32 Å². The van der Waals surface area contributed by atoms with Crippen molar-refractivity contribution in [2.75, 3.05) is 11.9 Å². The number of rotatable bonds is 2. The lowest BCUT2D eigenvalue weighted by molar-refractivity contribution is 0.0991. The number of hydrogen-bond donors (Lipinski definition) is 0. The minimum absolute atomic E-state index is 0.149. The van der Waals surface area contributed by atoms with Gasteiger partial charge >= 0.3 is 0 Å². The lowest BCUT2D eigenvalue weighted by Gasteiger charge is -2.17. The van der Waals surface area contributed by atoms with Crippen LogP contribution in [-0.4, -0.2) is 13.0 Å². The van der Waals surface area contributed by atoms with Crippen molar-refractivity contribution in [3.63, 3.8) is 0 Å². The molecule has 0 fully saturated rings. The molecule has 4 nitrogen and oxygen atoms in total. The molecule has 0 unspecified atom stereocenters. The van der Waals surface area contributed by atoms with Crippen LogP contribution in [0, 0.1) is 25.2 Å². The van der Waals surface area contributed by atoms with Crippen LogP contribution in [0.25, 0.3) is 0 Å². The van der Waals surface area contributed by atoms with Crippen molar-refractivity contribution in [3.8, 4) is 6.07 Å². The Hall–Kier alpha value is -2.54. The van der Waals surface area contributed by atoms with Crippen LogP contribution in [0.1, 0.15) is 27.4 Å². The molecule has 2 rings (SSSR count). The van der Waals surface area contributed by atoms with Gasteiger partial charge in [-0.1, -0.05) is 6.07 Å². The molecule has 0 bridgehead atoms. The van der Waals surface area contributed by atoms with Crippen molar-refractivity contribution in [2.45, 2.75) is 13.8 Å². The Bertz CT molecular complexity index is 665. The van der Waals surface area contributed by atoms with E-state index in [0.29, 0.717) is 28.3 Å². The van der Waals surface area contributed by atoms with E-state index in [1.807, 2.05) is 0 Å².